The van der Waals surface area contributed by atoms with Crippen LogP contribution in [0.1, 0.15) is 49.9 Å². The lowest BCUT2D eigenvalue weighted by molar-refractivity contribution is -0.118. The molecule has 0 aromatic carbocycles. The summed E-state index contributed by atoms with van der Waals surface area (Å²) in [5, 5.41) is 12.5. The van der Waals surface area contributed by atoms with E-state index in [0.29, 0.717) is 11.4 Å². The second-order valence-electron chi connectivity index (χ2n) is 5.96. The number of aryl methyl sites for hydroxylation is 2. The zero-order valence-corrected chi connectivity index (χ0v) is 12.0. The summed E-state index contributed by atoms with van der Waals surface area (Å²) in [6.45, 7) is 3.75. The number of carbonyl (C=O) groups is 1. The van der Waals surface area contributed by atoms with Gasteiger partial charge in [-0.25, -0.2) is 4.98 Å². The Morgan fingerprint density at radius 3 is 2.85 bits per heavy atom. The van der Waals surface area contributed by atoms with E-state index in [1.54, 1.807) is 0 Å². The maximum Gasteiger partial charge on any atom is 0.219 e. The molecular weight excluding hydrogens is 252 g/mol. The van der Waals surface area contributed by atoms with Gasteiger partial charge in [0.15, 0.2) is 0 Å². The zero-order chi connectivity index (χ0) is 14.8. The van der Waals surface area contributed by atoms with Crippen molar-refractivity contribution in [3.05, 3.63) is 22.9 Å². The van der Waals surface area contributed by atoms with E-state index in [4.69, 9.17) is 5.73 Å². The van der Waals surface area contributed by atoms with Gasteiger partial charge in [-0.1, -0.05) is 0 Å². The summed E-state index contributed by atoms with van der Waals surface area (Å²) < 4.78 is 0. The van der Waals surface area contributed by atoms with Gasteiger partial charge in [-0.2, -0.15) is 5.26 Å². The van der Waals surface area contributed by atoms with Crippen LogP contribution in [0, 0.1) is 11.3 Å². The van der Waals surface area contributed by atoms with Crippen LogP contribution in [0.15, 0.2) is 6.07 Å². The lowest BCUT2D eigenvalue weighted by Crippen LogP contribution is -2.36. The van der Waals surface area contributed by atoms with Gasteiger partial charge < -0.3 is 11.1 Å². The maximum atomic E-state index is 11.1. The van der Waals surface area contributed by atoms with Crippen molar-refractivity contribution in [2.24, 2.45) is 5.73 Å². The van der Waals surface area contributed by atoms with Crippen molar-refractivity contribution in [3.8, 4) is 6.07 Å². The molecule has 1 heterocycles. The third-order valence-electron chi connectivity index (χ3n) is 3.49. The number of nitrogens with zero attached hydrogens (tertiary/aromatic N) is 2. The molecule has 0 bridgehead atoms. The fourth-order valence-electron chi connectivity index (χ4n) is 2.61. The van der Waals surface area contributed by atoms with Crippen molar-refractivity contribution in [1.29, 1.82) is 5.26 Å². The Morgan fingerprint density at radius 2 is 2.20 bits per heavy atom. The van der Waals surface area contributed by atoms with Crippen LogP contribution in [-0.2, 0) is 17.6 Å². The zero-order valence-electron chi connectivity index (χ0n) is 12.0. The Labute approximate surface area is 119 Å². The molecule has 20 heavy (non-hydrogen) atoms. The second-order valence-corrected chi connectivity index (χ2v) is 5.96. The van der Waals surface area contributed by atoms with Crippen molar-refractivity contribution in [2.45, 2.75) is 51.5 Å². The molecule has 3 N–H and O–H groups in total. The van der Waals surface area contributed by atoms with E-state index in [1.807, 2.05) is 19.9 Å². The highest BCUT2D eigenvalue weighted by Gasteiger charge is 2.23. The van der Waals surface area contributed by atoms with Gasteiger partial charge in [0.25, 0.3) is 0 Å². The first-order valence-corrected chi connectivity index (χ1v) is 6.91. The van der Waals surface area contributed by atoms with E-state index < -0.39 is 5.54 Å². The van der Waals surface area contributed by atoms with Gasteiger partial charge in [0.2, 0.25) is 5.91 Å². The van der Waals surface area contributed by atoms with Crippen molar-refractivity contribution < 1.29 is 4.79 Å². The van der Waals surface area contributed by atoms with Crippen LogP contribution in [0.4, 0.5) is 5.82 Å². The summed E-state index contributed by atoms with van der Waals surface area (Å²) in [5.74, 6) is 0.179. The third-order valence-corrected chi connectivity index (χ3v) is 3.49. The minimum Gasteiger partial charge on any atom is -0.370 e. The summed E-state index contributed by atoms with van der Waals surface area (Å²) in [7, 11) is 0. The maximum absolute atomic E-state index is 11.1. The molecule has 0 spiro atoms. The third kappa shape index (κ3) is 3.27. The van der Waals surface area contributed by atoms with Crippen LogP contribution < -0.4 is 11.1 Å². The number of nitriles is 1. The van der Waals surface area contributed by atoms with Crippen LogP contribution in [0.2, 0.25) is 0 Å². The molecule has 0 fully saturated rings. The van der Waals surface area contributed by atoms with E-state index in [9.17, 15) is 10.1 Å². The second kappa shape index (κ2) is 5.49. The molecule has 5 heteroatoms. The Bertz CT molecular complexity index is 572. The van der Waals surface area contributed by atoms with Crippen LogP contribution in [0.3, 0.4) is 0 Å². The summed E-state index contributed by atoms with van der Waals surface area (Å²) in [6, 6.07) is 4.10. The normalized spacial score (nSPS) is 14.2. The van der Waals surface area contributed by atoms with Crippen LogP contribution in [0.5, 0.6) is 0 Å². The highest BCUT2D eigenvalue weighted by atomic mass is 16.1. The van der Waals surface area contributed by atoms with E-state index >= 15 is 0 Å². The highest BCUT2D eigenvalue weighted by molar-refractivity contribution is 5.75. The fourth-order valence-corrected chi connectivity index (χ4v) is 2.61. The molecule has 1 aliphatic rings. The molecule has 0 saturated carbocycles. The highest BCUT2D eigenvalue weighted by Crippen LogP contribution is 2.26. The van der Waals surface area contributed by atoms with Crippen molar-refractivity contribution >= 4 is 11.7 Å². The number of amides is 1. The summed E-state index contributed by atoms with van der Waals surface area (Å²) in [6.07, 6.45) is 4.42. The van der Waals surface area contributed by atoms with E-state index in [2.05, 4.69) is 16.4 Å². The van der Waals surface area contributed by atoms with Gasteiger partial charge in [-0.05, 0) is 51.2 Å². The topological polar surface area (TPSA) is 91.8 Å². The number of pyridine rings is 1. The molecule has 5 nitrogen and oxygen atoms in total. The van der Waals surface area contributed by atoms with Crippen molar-refractivity contribution in [2.75, 3.05) is 5.32 Å². The standard InChI is InChI=1S/C15H20N4O/c1-15(2,8-13(17)20)19-14-11(9-16)7-10-5-3-4-6-12(10)18-14/h7H,3-6,8H2,1-2H3,(H2,17,20)(H,18,19). The molecular formula is C15H20N4O. The van der Waals surface area contributed by atoms with Crippen LogP contribution >= 0.6 is 0 Å². The summed E-state index contributed by atoms with van der Waals surface area (Å²) in [5.41, 5.74) is 7.49. The van der Waals surface area contributed by atoms with Gasteiger partial charge in [0.1, 0.15) is 11.9 Å². The predicted octanol–water partition coefficient (Wildman–Crippen LogP) is 1.90. The Balaban J connectivity index is 2.31. The average molecular weight is 272 g/mol. The van der Waals surface area contributed by atoms with Crippen LogP contribution in [-0.4, -0.2) is 16.4 Å². The van der Waals surface area contributed by atoms with Crippen molar-refractivity contribution in [3.63, 3.8) is 0 Å². The van der Waals surface area contributed by atoms with Gasteiger partial charge in [0, 0.05) is 17.7 Å². The molecule has 0 atom stereocenters. The molecule has 0 radical (unpaired) electrons. The quantitative estimate of drug-likeness (QED) is 0.875. The number of fused-ring (bicyclic) bond motifs is 1. The minimum atomic E-state index is -0.520. The molecule has 0 saturated heterocycles. The van der Waals surface area contributed by atoms with Crippen LogP contribution in [0.25, 0.3) is 0 Å². The number of rotatable bonds is 4. The first kappa shape index (κ1) is 14.3. The predicted molar refractivity (Wildman–Crippen MR) is 77.1 cm³/mol. The largest absolute Gasteiger partial charge is 0.370 e. The molecule has 0 unspecified atom stereocenters. The smallest absolute Gasteiger partial charge is 0.219 e. The molecule has 0 aliphatic heterocycles. The number of primary amides is 1. The molecule has 2 rings (SSSR count). The first-order valence-electron chi connectivity index (χ1n) is 6.91. The lowest BCUT2D eigenvalue weighted by Gasteiger charge is -2.27. The van der Waals surface area contributed by atoms with Gasteiger partial charge in [-0.15, -0.1) is 0 Å². The number of nitrogens with one attached hydrogen (secondary N) is 1. The Morgan fingerprint density at radius 1 is 1.50 bits per heavy atom. The Hall–Kier alpha value is -2.09. The number of anilines is 1. The number of hydrogen-bond acceptors (Lipinski definition) is 4. The first-order chi connectivity index (χ1) is 9.41. The summed E-state index contributed by atoms with van der Waals surface area (Å²) >= 11 is 0. The van der Waals surface area contributed by atoms with Gasteiger partial charge in [0.05, 0.1) is 5.56 Å². The molecule has 1 aromatic rings. The monoisotopic (exact) mass is 272 g/mol. The fraction of sp³-hybridized carbons (Fsp3) is 0.533. The van der Waals surface area contributed by atoms with Gasteiger partial charge in [-0.3, -0.25) is 4.79 Å². The number of aromatic nitrogens is 1. The molecule has 106 valence electrons. The van der Waals surface area contributed by atoms with E-state index in [1.165, 1.54) is 5.56 Å². The lowest BCUT2D eigenvalue weighted by atomic mass is 9.94. The average Bonchev–Trinajstić information content (AvgIpc) is 2.35. The van der Waals surface area contributed by atoms with E-state index in [0.717, 1.165) is 31.4 Å². The molecule has 1 aromatic heterocycles. The van der Waals surface area contributed by atoms with E-state index in [-0.39, 0.29) is 12.3 Å². The summed E-state index contributed by atoms with van der Waals surface area (Å²) in [4.78, 5) is 15.7. The van der Waals surface area contributed by atoms with Gasteiger partial charge >= 0.3 is 0 Å². The minimum absolute atomic E-state index is 0.191. The molecule has 1 aliphatic carbocycles. The van der Waals surface area contributed by atoms with Crippen molar-refractivity contribution in [1.82, 2.24) is 4.98 Å². The number of hydrogen-bond donors (Lipinski definition) is 2. The number of nitrogens with two attached hydrogens (primary N) is 1. The Kier molecular flexibility index (Phi) is 3.93. The SMILES string of the molecule is CC(C)(CC(N)=O)Nc1nc2c(cc1C#N)CCCC2. The number of carbonyl (C=O) groups excluding carboxylic acids is 1. The molecule has 1 amide bonds.